The summed E-state index contributed by atoms with van der Waals surface area (Å²) in [6, 6.07) is 14.3. The van der Waals surface area contributed by atoms with Crippen molar-refractivity contribution in [3.8, 4) is 11.5 Å². The lowest BCUT2D eigenvalue weighted by Crippen LogP contribution is -2.24. The summed E-state index contributed by atoms with van der Waals surface area (Å²) in [6.07, 6.45) is 1.14. The first kappa shape index (κ1) is 12.9. The van der Waals surface area contributed by atoms with Gasteiger partial charge in [-0.2, -0.15) is 0 Å². The van der Waals surface area contributed by atoms with E-state index in [9.17, 15) is 0 Å². The lowest BCUT2D eigenvalue weighted by molar-refractivity contribution is 0.246. The number of fused-ring (bicyclic) bond motifs is 1. The summed E-state index contributed by atoms with van der Waals surface area (Å²) < 4.78 is 11.3. The van der Waals surface area contributed by atoms with Crippen LogP contribution in [0.25, 0.3) is 0 Å². The molecule has 20 heavy (non-hydrogen) atoms. The number of methoxy groups -OCH3 is 1. The third-order valence-corrected chi connectivity index (χ3v) is 3.58. The summed E-state index contributed by atoms with van der Waals surface area (Å²) in [7, 11) is 1.69. The van der Waals surface area contributed by atoms with E-state index in [0.717, 1.165) is 30.2 Å². The molecule has 0 saturated carbocycles. The molecule has 2 aromatic carbocycles. The van der Waals surface area contributed by atoms with Gasteiger partial charge in [-0.25, -0.2) is 0 Å². The normalized spacial score (nSPS) is 16.4. The van der Waals surface area contributed by atoms with Crippen LogP contribution in [-0.2, 0) is 6.42 Å². The van der Waals surface area contributed by atoms with Crippen molar-refractivity contribution in [3.05, 3.63) is 53.6 Å². The van der Waals surface area contributed by atoms with Crippen molar-refractivity contribution < 1.29 is 9.47 Å². The minimum Gasteiger partial charge on any atom is -0.495 e. The van der Waals surface area contributed by atoms with Gasteiger partial charge in [0, 0.05) is 6.42 Å². The largest absolute Gasteiger partial charge is 0.495 e. The number of para-hydroxylation sites is 2. The summed E-state index contributed by atoms with van der Waals surface area (Å²) in [5, 5.41) is 3.41. The molecule has 3 rings (SSSR count). The third-order valence-electron chi connectivity index (χ3n) is 3.58. The zero-order chi connectivity index (χ0) is 13.9. The van der Waals surface area contributed by atoms with Crippen molar-refractivity contribution in [2.24, 2.45) is 0 Å². The summed E-state index contributed by atoms with van der Waals surface area (Å²) in [5.74, 6) is 1.88. The van der Waals surface area contributed by atoms with Gasteiger partial charge in [0.05, 0.1) is 19.3 Å². The average molecular weight is 269 g/mol. The average Bonchev–Trinajstić information content (AvgIpc) is 2.87. The molecular weight excluding hydrogens is 250 g/mol. The Balaban J connectivity index is 1.64. The zero-order valence-electron chi connectivity index (χ0n) is 11.8. The van der Waals surface area contributed by atoms with Crippen LogP contribution in [0.3, 0.4) is 0 Å². The number of nitrogens with one attached hydrogen (secondary N) is 1. The smallest absolute Gasteiger partial charge is 0.141 e. The Bertz CT molecular complexity index is 610. The Morgan fingerprint density at radius 3 is 2.95 bits per heavy atom. The topological polar surface area (TPSA) is 30.5 Å². The second kappa shape index (κ2) is 5.45. The Hall–Kier alpha value is -2.16. The van der Waals surface area contributed by atoms with Crippen molar-refractivity contribution in [3.63, 3.8) is 0 Å². The van der Waals surface area contributed by atoms with Crippen LogP contribution in [0.5, 0.6) is 11.5 Å². The molecule has 1 unspecified atom stereocenters. The van der Waals surface area contributed by atoms with E-state index in [1.165, 1.54) is 11.1 Å². The molecule has 0 amide bonds. The molecule has 3 nitrogen and oxygen atoms in total. The number of benzene rings is 2. The van der Waals surface area contributed by atoms with Crippen molar-refractivity contribution in [1.29, 1.82) is 0 Å². The molecule has 0 fully saturated rings. The van der Waals surface area contributed by atoms with E-state index in [1.54, 1.807) is 7.11 Å². The molecule has 0 radical (unpaired) electrons. The fourth-order valence-electron chi connectivity index (χ4n) is 2.58. The number of anilines is 1. The van der Waals surface area contributed by atoms with Crippen LogP contribution < -0.4 is 14.8 Å². The Morgan fingerprint density at radius 2 is 2.10 bits per heavy atom. The predicted molar refractivity (Wildman–Crippen MR) is 80.8 cm³/mol. The van der Waals surface area contributed by atoms with Crippen LogP contribution >= 0.6 is 0 Å². The van der Waals surface area contributed by atoms with Gasteiger partial charge in [0.15, 0.2) is 0 Å². The minimum absolute atomic E-state index is 0.178. The van der Waals surface area contributed by atoms with E-state index in [2.05, 4.69) is 30.4 Å². The van der Waals surface area contributed by atoms with Gasteiger partial charge in [0.25, 0.3) is 0 Å². The van der Waals surface area contributed by atoms with E-state index >= 15 is 0 Å². The summed E-state index contributed by atoms with van der Waals surface area (Å²) in [6.45, 7) is 2.88. The first-order chi connectivity index (χ1) is 9.76. The van der Waals surface area contributed by atoms with E-state index in [0.29, 0.717) is 0 Å². The maximum absolute atomic E-state index is 5.95. The summed E-state index contributed by atoms with van der Waals surface area (Å²) in [5.41, 5.74) is 3.59. The molecule has 0 aromatic heterocycles. The molecule has 1 N–H and O–H groups in total. The van der Waals surface area contributed by atoms with Gasteiger partial charge in [-0.1, -0.05) is 29.8 Å². The number of rotatable bonds is 4. The number of aryl methyl sites for hydroxylation is 1. The fourth-order valence-corrected chi connectivity index (χ4v) is 2.58. The second-order valence-electron chi connectivity index (χ2n) is 5.14. The van der Waals surface area contributed by atoms with Crippen molar-refractivity contribution >= 4 is 5.69 Å². The minimum atomic E-state index is 0.178. The van der Waals surface area contributed by atoms with Gasteiger partial charge in [0.1, 0.15) is 17.6 Å². The van der Waals surface area contributed by atoms with Crippen molar-refractivity contribution in [2.75, 3.05) is 19.0 Å². The van der Waals surface area contributed by atoms with Crippen LogP contribution in [0.15, 0.2) is 42.5 Å². The second-order valence-corrected chi connectivity index (χ2v) is 5.14. The number of hydrogen-bond acceptors (Lipinski definition) is 3. The monoisotopic (exact) mass is 269 g/mol. The number of hydrogen-bond donors (Lipinski definition) is 1. The summed E-state index contributed by atoms with van der Waals surface area (Å²) in [4.78, 5) is 0. The Morgan fingerprint density at radius 1 is 1.25 bits per heavy atom. The van der Waals surface area contributed by atoms with Crippen LogP contribution in [0, 0.1) is 6.92 Å². The third kappa shape index (κ3) is 2.57. The highest BCUT2D eigenvalue weighted by Crippen LogP contribution is 2.30. The fraction of sp³-hybridized carbons (Fsp3) is 0.294. The molecule has 0 spiro atoms. The van der Waals surface area contributed by atoms with Crippen molar-refractivity contribution in [1.82, 2.24) is 0 Å². The van der Waals surface area contributed by atoms with Gasteiger partial charge in [0.2, 0.25) is 0 Å². The van der Waals surface area contributed by atoms with E-state index in [4.69, 9.17) is 9.47 Å². The van der Waals surface area contributed by atoms with Crippen molar-refractivity contribution in [2.45, 2.75) is 19.4 Å². The van der Waals surface area contributed by atoms with Gasteiger partial charge in [-0.15, -0.1) is 0 Å². The first-order valence-electron chi connectivity index (χ1n) is 6.89. The standard InChI is InChI=1S/C17H19NO2/c1-12-7-8-16-13(9-12)10-14(20-16)11-18-15-5-3-4-6-17(15)19-2/h3-9,14,18H,10-11H2,1-2H3. The highest BCUT2D eigenvalue weighted by molar-refractivity contribution is 5.56. The molecule has 1 heterocycles. The van der Waals surface area contributed by atoms with Gasteiger partial charge in [-0.3, -0.25) is 0 Å². The van der Waals surface area contributed by atoms with Crippen LogP contribution in [0.4, 0.5) is 5.69 Å². The van der Waals surface area contributed by atoms with Gasteiger partial charge >= 0.3 is 0 Å². The highest BCUT2D eigenvalue weighted by atomic mass is 16.5. The molecule has 104 valence electrons. The molecular formula is C17H19NO2. The predicted octanol–water partition coefficient (Wildman–Crippen LogP) is 3.42. The summed E-state index contributed by atoms with van der Waals surface area (Å²) >= 11 is 0. The van der Waals surface area contributed by atoms with E-state index < -0.39 is 0 Å². The Labute approximate surface area is 119 Å². The number of ether oxygens (including phenoxy) is 2. The maximum Gasteiger partial charge on any atom is 0.141 e. The molecule has 0 saturated heterocycles. The van der Waals surface area contributed by atoms with Gasteiger partial charge in [-0.05, 0) is 30.7 Å². The quantitative estimate of drug-likeness (QED) is 0.922. The molecule has 1 aliphatic heterocycles. The molecule has 1 atom stereocenters. The Kier molecular flexibility index (Phi) is 3.50. The zero-order valence-corrected chi connectivity index (χ0v) is 11.8. The van der Waals surface area contributed by atoms with Gasteiger partial charge < -0.3 is 14.8 Å². The van der Waals surface area contributed by atoms with Crippen LogP contribution in [-0.4, -0.2) is 19.8 Å². The first-order valence-corrected chi connectivity index (χ1v) is 6.89. The van der Waals surface area contributed by atoms with Crippen LogP contribution in [0.1, 0.15) is 11.1 Å². The highest BCUT2D eigenvalue weighted by Gasteiger charge is 2.22. The molecule has 0 bridgehead atoms. The molecule has 1 aliphatic rings. The molecule has 3 heteroatoms. The molecule has 0 aliphatic carbocycles. The van der Waals surface area contributed by atoms with E-state index in [-0.39, 0.29) is 6.10 Å². The lowest BCUT2D eigenvalue weighted by Gasteiger charge is -2.15. The van der Waals surface area contributed by atoms with E-state index in [1.807, 2.05) is 24.3 Å². The lowest BCUT2D eigenvalue weighted by atomic mass is 10.1. The maximum atomic E-state index is 5.95. The SMILES string of the molecule is COc1ccccc1NCC1Cc2cc(C)ccc2O1. The molecule has 2 aromatic rings. The van der Waals surface area contributed by atoms with Crippen LogP contribution in [0.2, 0.25) is 0 Å².